The van der Waals surface area contributed by atoms with Gasteiger partial charge in [-0.2, -0.15) is 0 Å². The van der Waals surface area contributed by atoms with E-state index in [0.29, 0.717) is 21.8 Å². The number of hydrogen-bond acceptors (Lipinski definition) is 4. The van der Waals surface area contributed by atoms with Crippen LogP contribution in [0.15, 0.2) is 48.5 Å². The summed E-state index contributed by atoms with van der Waals surface area (Å²) in [4.78, 5) is 35.1. The maximum absolute atomic E-state index is 12.2. The molecule has 0 radical (unpaired) electrons. The Balaban J connectivity index is 1.93. The Morgan fingerprint density at radius 1 is 1.00 bits per heavy atom. The van der Waals surface area contributed by atoms with E-state index in [1.807, 2.05) is 0 Å². The molecule has 0 aromatic heterocycles. The van der Waals surface area contributed by atoms with Crippen LogP contribution in [0.5, 0.6) is 0 Å². The van der Waals surface area contributed by atoms with Crippen molar-refractivity contribution in [2.24, 2.45) is 0 Å². The normalized spacial score (nSPS) is 10.0. The molecule has 0 saturated carbocycles. The predicted octanol–water partition coefficient (Wildman–Crippen LogP) is 2.89. The second kappa shape index (κ2) is 8.84. The number of carbonyl (C=O) groups excluding carboxylic acids is 3. The minimum atomic E-state index is -0.391. The van der Waals surface area contributed by atoms with Gasteiger partial charge < -0.3 is 15.4 Å². The van der Waals surface area contributed by atoms with Crippen molar-refractivity contribution < 1.29 is 19.1 Å². The Morgan fingerprint density at radius 3 is 2.32 bits per heavy atom. The Bertz CT molecular complexity index is 775. The number of halogens is 1. The number of esters is 1. The number of anilines is 1. The zero-order chi connectivity index (χ0) is 18.2. The van der Waals surface area contributed by atoms with Crippen molar-refractivity contribution in [1.29, 1.82) is 0 Å². The molecule has 0 heterocycles. The molecular formula is C18H17ClN2O4. The van der Waals surface area contributed by atoms with E-state index in [4.69, 9.17) is 11.6 Å². The molecule has 2 aromatic rings. The van der Waals surface area contributed by atoms with Gasteiger partial charge in [-0.1, -0.05) is 23.7 Å². The Hall–Kier alpha value is -2.86. The van der Waals surface area contributed by atoms with Crippen molar-refractivity contribution >= 4 is 35.1 Å². The van der Waals surface area contributed by atoms with Gasteiger partial charge in [0.05, 0.1) is 24.1 Å². The lowest BCUT2D eigenvalue weighted by Crippen LogP contribution is -2.26. The van der Waals surface area contributed by atoms with Crippen LogP contribution in [0.3, 0.4) is 0 Å². The second-order valence-corrected chi connectivity index (χ2v) is 5.50. The fourth-order valence-corrected chi connectivity index (χ4v) is 2.25. The molecule has 0 fully saturated rings. The van der Waals surface area contributed by atoms with E-state index < -0.39 is 5.97 Å². The van der Waals surface area contributed by atoms with Gasteiger partial charge >= 0.3 is 5.97 Å². The second-order valence-electron chi connectivity index (χ2n) is 5.09. The molecule has 0 aliphatic heterocycles. The molecule has 2 rings (SSSR count). The highest BCUT2D eigenvalue weighted by molar-refractivity contribution is 6.34. The number of methoxy groups -OCH3 is 1. The molecule has 2 N–H and O–H groups in total. The summed E-state index contributed by atoms with van der Waals surface area (Å²) in [5.74, 6) is -1.04. The third kappa shape index (κ3) is 5.32. The van der Waals surface area contributed by atoms with Crippen molar-refractivity contribution in [1.82, 2.24) is 5.32 Å². The molecule has 7 heteroatoms. The van der Waals surface area contributed by atoms with Gasteiger partial charge in [0.2, 0.25) is 0 Å². The van der Waals surface area contributed by atoms with Gasteiger partial charge in [-0.3, -0.25) is 14.4 Å². The zero-order valence-electron chi connectivity index (χ0n) is 13.5. The number of ether oxygens (including phenoxy) is 1. The van der Waals surface area contributed by atoms with Crippen molar-refractivity contribution in [3.05, 3.63) is 64.7 Å². The van der Waals surface area contributed by atoms with E-state index in [1.54, 1.807) is 48.5 Å². The van der Waals surface area contributed by atoms with E-state index in [2.05, 4.69) is 15.4 Å². The van der Waals surface area contributed by atoms with Crippen LogP contribution in [0.25, 0.3) is 0 Å². The fraction of sp³-hybridized carbons (Fsp3) is 0.167. The van der Waals surface area contributed by atoms with Gasteiger partial charge in [0.1, 0.15) is 0 Å². The first-order valence-electron chi connectivity index (χ1n) is 7.52. The average molecular weight is 361 g/mol. The summed E-state index contributed by atoms with van der Waals surface area (Å²) >= 11 is 5.99. The monoisotopic (exact) mass is 360 g/mol. The summed E-state index contributed by atoms with van der Waals surface area (Å²) in [5, 5.41) is 5.69. The number of carbonyl (C=O) groups is 3. The lowest BCUT2D eigenvalue weighted by atomic mass is 10.1. The van der Waals surface area contributed by atoms with Crippen molar-refractivity contribution in [2.75, 3.05) is 19.0 Å². The highest BCUT2D eigenvalue weighted by Crippen LogP contribution is 2.17. The molecule has 25 heavy (non-hydrogen) atoms. The molecule has 2 aromatic carbocycles. The van der Waals surface area contributed by atoms with Crippen LogP contribution in [0.2, 0.25) is 5.02 Å². The molecule has 130 valence electrons. The molecule has 0 atom stereocenters. The first kappa shape index (κ1) is 18.5. The highest BCUT2D eigenvalue weighted by atomic mass is 35.5. The van der Waals surface area contributed by atoms with Crippen molar-refractivity contribution in [3.8, 4) is 0 Å². The first-order chi connectivity index (χ1) is 12.0. The van der Waals surface area contributed by atoms with Crippen LogP contribution in [0.1, 0.15) is 27.1 Å². The smallest absolute Gasteiger partial charge is 0.307 e. The number of hydrogen-bond donors (Lipinski definition) is 2. The van der Waals surface area contributed by atoms with Crippen LogP contribution >= 0.6 is 11.6 Å². The number of amides is 2. The van der Waals surface area contributed by atoms with E-state index in [9.17, 15) is 14.4 Å². The van der Waals surface area contributed by atoms with E-state index in [-0.39, 0.29) is 24.8 Å². The molecule has 0 unspecified atom stereocenters. The molecule has 0 aliphatic carbocycles. The molecule has 0 saturated heterocycles. The first-order valence-corrected chi connectivity index (χ1v) is 7.90. The number of nitrogens with one attached hydrogen (secondary N) is 2. The quantitative estimate of drug-likeness (QED) is 0.776. The Kier molecular flexibility index (Phi) is 6.54. The van der Waals surface area contributed by atoms with Gasteiger partial charge in [-0.15, -0.1) is 0 Å². The predicted molar refractivity (Wildman–Crippen MR) is 94.8 cm³/mol. The largest absolute Gasteiger partial charge is 0.469 e. The molecular weight excluding hydrogens is 344 g/mol. The maximum Gasteiger partial charge on any atom is 0.307 e. The maximum atomic E-state index is 12.2. The SMILES string of the molecule is COC(=O)CCNC(=O)c1ccc(NC(=O)c2ccccc2Cl)cc1. The number of rotatable bonds is 6. The molecule has 2 amide bonds. The lowest BCUT2D eigenvalue weighted by Gasteiger charge is -2.08. The minimum absolute atomic E-state index is 0.105. The summed E-state index contributed by atoms with van der Waals surface area (Å²) in [5.41, 5.74) is 1.32. The third-order valence-corrected chi connectivity index (χ3v) is 3.70. The van der Waals surface area contributed by atoms with Gasteiger partial charge in [0, 0.05) is 17.8 Å². The summed E-state index contributed by atoms with van der Waals surface area (Å²) < 4.78 is 4.50. The number of benzene rings is 2. The van der Waals surface area contributed by atoms with Crippen LogP contribution in [0, 0.1) is 0 Å². The van der Waals surface area contributed by atoms with Gasteiger partial charge in [0.15, 0.2) is 0 Å². The molecule has 0 spiro atoms. The van der Waals surface area contributed by atoms with E-state index in [1.165, 1.54) is 7.11 Å². The molecule has 6 nitrogen and oxygen atoms in total. The molecule has 0 bridgehead atoms. The lowest BCUT2D eigenvalue weighted by molar-refractivity contribution is -0.140. The van der Waals surface area contributed by atoms with Crippen molar-refractivity contribution in [2.45, 2.75) is 6.42 Å². The van der Waals surface area contributed by atoms with Gasteiger partial charge in [-0.25, -0.2) is 0 Å². The van der Waals surface area contributed by atoms with E-state index >= 15 is 0 Å². The highest BCUT2D eigenvalue weighted by Gasteiger charge is 2.11. The summed E-state index contributed by atoms with van der Waals surface area (Å²) in [6.07, 6.45) is 0.105. The van der Waals surface area contributed by atoms with Crippen LogP contribution in [-0.4, -0.2) is 31.4 Å². The van der Waals surface area contributed by atoms with Crippen molar-refractivity contribution in [3.63, 3.8) is 0 Å². The molecule has 0 aliphatic rings. The summed E-state index contributed by atoms with van der Waals surface area (Å²) in [6.45, 7) is 0.191. The van der Waals surface area contributed by atoms with Crippen LogP contribution in [-0.2, 0) is 9.53 Å². The topological polar surface area (TPSA) is 84.5 Å². The van der Waals surface area contributed by atoms with Crippen LogP contribution in [0.4, 0.5) is 5.69 Å². The Morgan fingerprint density at radius 2 is 1.68 bits per heavy atom. The van der Waals surface area contributed by atoms with Crippen LogP contribution < -0.4 is 10.6 Å². The third-order valence-electron chi connectivity index (χ3n) is 3.37. The van der Waals surface area contributed by atoms with Gasteiger partial charge in [-0.05, 0) is 36.4 Å². The average Bonchev–Trinajstić information content (AvgIpc) is 2.62. The van der Waals surface area contributed by atoms with Gasteiger partial charge in [0.25, 0.3) is 11.8 Å². The summed E-state index contributed by atoms with van der Waals surface area (Å²) in [6, 6.07) is 13.1. The standard InChI is InChI=1S/C18H17ClN2O4/c1-25-16(22)10-11-20-17(23)12-6-8-13(9-7-12)21-18(24)14-4-2-3-5-15(14)19/h2-9H,10-11H2,1H3,(H,20,23)(H,21,24). The van der Waals surface area contributed by atoms with E-state index in [0.717, 1.165) is 0 Å². The summed E-state index contributed by atoms with van der Waals surface area (Å²) in [7, 11) is 1.29. The minimum Gasteiger partial charge on any atom is -0.469 e. The zero-order valence-corrected chi connectivity index (χ0v) is 14.3. The Labute approximate surface area is 150 Å². The fourth-order valence-electron chi connectivity index (χ4n) is 2.03.